The van der Waals surface area contributed by atoms with E-state index in [9.17, 15) is 9.59 Å². The van der Waals surface area contributed by atoms with Gasteiger partial charge in [0.2, 0.25) is 5.91 Å². The summed E-state index contributed by atoms with van der Waals surface area (Å²) in [7, 11) is 1.34. The molecule has 1 aliphatic heterocycles. The van der Waals surface area contributed by atoms with Gasteiger partial charge in [0.25, 0.3) is 0 Å². The summed E-state index contributed by atoms with van der Waals surface area (Å²) in [6, 6.07) is 4.91. The van der Waals surface area contributed by atoms with E-state index in [1.165, 1.54) is 7.11 Å². The van der Waals surface area contributed by atoms with Gasteiger partial charge in [0.1, 0.15) is 0 Å². The van der Waals surface area contributed by atoms with Gasteiger partial charge in [-0.25, -0.2) is 4.79 Å². The standard InChI is InChI=1S/C14H16Cl2N2O3/c1-21-14(20)18-6-2-3-9(8-18)13(19)17-10-4-5-11(15)12(16)7-10/h4-5,7,9H,2-3,6,8H2,1H3,(H,17,19). The van der Waals surface area contributed by atoms with Gasteiger partial charge in [0, 0.05) is 18.8 Å². The number of anilines is 1. The van der Waals surface area contributed by atoms with E-state index in [0.29, 0.717) is 28.8 Å². The third kappa shape index (κ3) is 4.02. The minimum absolute atomic E-state index is 0.137. The number of hydrogen-bond donors (Lipinski definition) is 1. The molecule has 2 amide bonds. The lowest BCUT2D eigenvalue weighted by Crippen LogP contribution is -2.43. The molecule has 21 heavy (non-hydrogen) atoms. The van der Waals surface area contributed by atoms with E-state index in [4.69, 9.17) is 23.2 Å². The molecule has 1 atom stereocenters. The third-order valence-electron chi connectivity index (χ3n) is 3.41. The zero-order valence-electron chi connectivity index (χ0n) is 11.6. The smallest absolute Gasteiger partial charge is 0.409 e. The Morgan fingerprint density at radius 3 is 2.76 bits per heavy atom. The molecule has 1 aliphatic rings. The first-order valence-electron chi connectivity index (χ1n) is 6.60. The number of amides is 2. The number of halogens is 2. The quantitative estimate of drug-likeness (QED) is 0.903. The van der Waals surface area contributed by atoms with Crippen molar-refractivity contribution in [3.05, 3.63) is 28.2 Å². The average molecular weight is 331 g/mol. The van der Waals surface area contributed by atoms with Crippen LogP contribution in [0.4, 0.5) is 10.5 Å². The Morgan fingerprint density at radius 2 is 2.10 bits per heavy atom. The normalized spacial score (nSPS) is 18.2. The molecular weight excluding hydrogens is 315 g/mol. The Bertz CT molecular complexity index is 551. The molecule has 0 aliphatic carbocycles. The van der Waals surface area contributed by atoms with Crippen molar-refractivity contribution >= 4 is 40.9 Å². The number of rotatable bonds is 2. The second-order valence-corrected chi connectivity index (χ2v) is 5.69. The fourth-order valence-electron chi connectivity index (χ4n) is 2.30. The van der Waals surface area contributed by atoms with Crippen LogP contribution in [0.3, 0.4) is 0 Å². The number of carbonyl (C=O) groups is 2. The molecule has 7 heteroatoms. The molecule has 1 fully saturated rings. The number of nitrogens with one attached hydrogen (secondary N) is 1. The molecule has 1 saturated heterocycles. The number of methoxy groups -OCH3 is 1. The monoisotopic (exact) mass is 330 g/mol. The summed E-state index contributed by atoms with van der Waals surface area (Å²) in [5, 5.41) is 3.61. The lowest BCUT2D eigenvalue weighted by molar-refractivity contribution is -0.121. The van der Waals surface area contributed by atoms with Crippen molar-refractivity contribution in [2.75, 3.05) is 25.5 Å². The summed E-state index contributed by atoms with van der Waals surface area (Å²) in [6.07, 6.45) is 1.11. The lowest BCUT2D eigenvalue weighted by atomic mass is 9.97. The van der Waals surface area contributed by atoms with Crippen molar-refractivity contribution in [3.63, 3.8) is 0 Å². The van der Waals surface area contributed by atoms with E-state index in [1.54, 1.807) is 23.1 Å². The summed E-state index contributed by atoms with van der Waals surface area (Å²) in [5.41, 5.74) is 0.588. The fraction of sp³-hybridized carbons (Fsp3) is 0.429. The molecule has 0 radical (unpaired) electrons. The lowest BCUT2D eigenvalue weighted by Gasteiger charge is -2.30. The predicted molar refractivity (Wildman–Crippen MR) is 81.8 cm³/mol. The highest BCUT2D eigenvalue weighted by Gasteiger charge is 2.28. The molecule has 1 aromatic rings. The Kier molecular flexibility index (Phi) is 5.31. The second-order valence-electron chi connectivity index (χ2n) is 4.87. The number of benzene rings is 1. The first kappa shape index (κ1) is 15.9. The fourth-order valence-corrected chi connectivity index (χ4v) is 2.60. The minimum atomic E-state index is -0.401. The summed E-state index contributed by atoms with van der Waals surface area (Å²) in [4.78, 5) is 25.3. The highest BCUT2D eigenvalue weighted by molar-refractivity contribution is 6.42. The Hall–Kier alpha value is -1.46. The first-order chi connectivity index (χ1) is 10.0. The predicted octanol–water partition coefficient (Wildman–Crippen LogP) is 3.41. The molecule has 0 saturated carbocycles. The van der Waals surface area contributed by atoms with Gasteiger partial charge < -0.3 is 15.0 Å². The van der Waals surface area contributed by atoms with E-state index in [1.807, 2.05) is 0 Å². The topological polar surface area (TPSA) is 58.6 Å². The van der Waals surface area contributed by atoms with Crippen molar-refractivity contribution in [2.45, 2.75) is 12.8 Å². The molecule has 1 N–H and O–H groups in total. The van der Waals surface area contributed by atoms with Crippen molar-refractivity contribution < 1.29 is 14.3 Å². The summed E-state index contributed by atoms with van der Waals surface area (Å²) < 4.78 is 4.69. The molecule has 114 valence electrons. The Morgan fingerprint density at radius 1 is 1.33 bits per heavy atom. The molecule has 1 aromatic carbocycles. The van der Waals surface area contributed by atoms with Crippen LogP contribution in [0.1, 0.15) is 12.8 Å². The molecule has 1 unspecified atom stereocenters. The summed E-state index contributed by atoms with van der Waals surface area (Å²) in [5.74, 6) is -0.394. The largest absolute Gasteiger partial charge is 0.453 e. The van der Waals surface area contributed by atoms with E-state index >= 15 is 0 Å². The van der Waals surface area contributed by atoms with Gasteiger partial charge in [-0.05, 0) is 31.0 Å². The van der Waals surface area contributed by atoms with Gasteiger partial charge in [-0.2, -0.15) is 0 Å². The van der Waals surface area contributed by atoms with Gasteiger partial charge in [0.15, 0.2) is 0 Å². The van der Waals surface area contributed by atoms with E-state index in [0.717, 1.165) is 12.8 Å². The Balaban J connectivity index is 1.99. The third-order valence-corrected chi connectivity index (χ3v) is 4.15. The molecule has 1 heterocycles. The van der Waals surface area contributed by atoms with Gasteiger partial charge in [-0.3, -0.25) is 4.79 Å². The van der Waals surface area contributed by atoms with Crippen LogP contribution in [0.15, 0.2) is 18.2 Å². The van der Waals surface area contributed by atoms with Crippen LogP contribution in [0.5, 0.6) is 0 Å². The maximum absolute atomic E-state index is 12.3. The zero-order chi connectivity index (χ0) is 15.4. The average Bonchev–Trinajstić information content (AvgIpc) is 2.50. The number of hydrogen-bond acceptors (Lipinski definition) is 3. The number of piperidine rings is 1. The maximum Gasteiger partial charge on any atom is 0.409 e. The molecule has 2 rings (SSSR count). The number of nitrogens with zero attached hydrogens (tertiary/aromatic N) is 1. The van der Waals surface area contributed by atoms with Crippen LogP contribution in [-0.4, -0.2) is 37.1 Å². The summed E-state index contributed by atoms with van der Waals surface area (Å²) in [6.45, 7) is 0.975. The van der Waals surface area contributed by atoms with Crippen molar-refractivity contribution in [2.24, 2.45) is 5.92 Å². The van der Waals surface area contributed by atoms with Crippen molar-refractivity contribution in [1.29, 1.82) is 0 Å². The molecule has 5 nitrogen and oxygen atoms in total. The van der Waals surface area contributed by atoms with Gasteiger partial charge in [-0.1, -0.05) is 23.2 Å². The van der Waals surface area contributed by atoms with Gasteiger partial charge in [-0.15, -0.1) is 0 Å². The van der Waals surface area contributed by atoms with Crippen molar-refractivity contribution in [3.8, 4) is 0 Å². The Labute approximate surface area is 133 Å². The highest BCUT2D eigenvalue weighted by atomic mass is 35.5. The number of ether oxygens (including phenoxy) is 1. The first-order valence-corrected chi connectivity index (χ1v) is 7.35. The van der Waals surface area contributed by atoms with E-state index in [-0.39, 0.29) is 11.8 Å². The van der Waals surface area contributed by atoms with Crippen LogP contribution in [-0.2, 0) is 9.53 Å². The highest BCUT2D eigenvalue weighted by Crippen LogP contribution is 2.26. The van der Waals surface area contributed by atoms with E-state index < -0.39 is 6.09 Å². The van der Waals surface area contributed by atoms with Gasteiger partial charge >= 0.3 is 6.09 Å². The molecule has 0 aromatic heterocycles. The summed E-state index contributed by atoms with van der Waals surface area (Å²) >= 11 is 11.7. The molecular formula is C14H16Cl2N2O3. The number of carbonyl (C=O) groups excluding carboxylic acids is 2. The van der Waals surface area contributed by atoms with E-state index in [2.05, 4.69) is 10.1 Å². The second kappa shape index (κ2) is 7.00. The maximum atomic E-state index is 12.3. The minimum Gasteiger partial charge on any atom is -0.453 e. The SMILES string of the molecule is COC(=O)N1CCCC(C(=O)Nc2ccc(Cl)c(Cl)c2)C1. The van der Waals surface area contributed by atoms with Crippen LogP contribution in [0.2, 0.25) is 10.0 Å². The number of likely N-dealkylation sites (tertiary alicyclic amines) is 1. The van der Waals surface area contributed by atoms with Crippen LogP contribution >= 0.6 is 23.2 Å². The molecule has 0 spiro atoms. The van der Waals surface area contributed by atoms with Crippen LogP contribution in [0, 0.1) is 5.92 Å². The van der Waals surface area contributed by atoms with Crippen molar-refractivity contribution in [1.82, 2.24) is 4.90 Å². The zero-order valence-corrected chi connectivity index (χ0v) is 13.1. The van der Waals surface area contributed by atoms with Crippen LogP contribution < -0.4 is 5.32 Å². The van der Waals surface area contributed by atoms with Crippen LogP contribution in [0.25, 0.3) is 0 Å². The molecule has 0 bridgehead atoms. The van der Waals surface area contributed by atoms with Gasteiger partial charge in [0.05, 0.1) is 23.1 Å².